The van der Waals surface area contributed by atoms with Crippen LogP contribution in [0.1, 0.15) is 36.8 Å². The van der Waals surface area contributed by atoms with E-state index in [0.717, 1.165) is 13.0 Å². The molecular formula is C16H19NO2. The van der Waals surface area contributed by atoms with Crippen LogP contribution in [0.2, 0.25) is 0 Å². The van der Waals surface area contributed by atoms with E-state index in [4.69, 9.17) is 4.74 Å². The normalized spacial score (nSPS) is 24.9. The van der Waals surface area contributed by atoms with Gasteiger partial charge in [-0.25, -0.2) is 0 Å². The van der Waals surface area contributed by atoms with Crippen LogP contribution in [0.4, 0.5) is 0 Å². The second kappa shape index (κ2) is 4.82. The van der Waals surface area contributed by atoms with Crippen LogP contribution in [0.5, 0.6) is 0 Å². The first-order valence-corrected chi connectivity index (χ1v) is 6.81. The summed E-state index contributed by atoms with van der Waals surface area (Å²) in [6.45, 7) is 3.15. The first-order chi connectivity index (χ1) is 9.22. The minimum atomic E-state index is -0.138. The van der Waals surface area contributed by atoms with Crippen LogP contribution >= 0.6 is 0 Å². The second-order valence-corrected chi connectivity index (χ2v) is 5.31. The molecule has 3 nitrogen and oxygen atoms in total. The van der Waals surface area contributed by atoms with Crippen molar-refractivity contribution in [1.29, 1.82) is 0 Å². The maximum absolute atomic E-state index is 11.6. The first-order valence-electron chi connectivity index (χ1n) is 6.81. The monoisotopic (exact) mass is 257 g/mol. The lowest BCUT2D eigenvalue weighted by Crippen LogP contribution is -2.42. The van der Waals surface area contributed by atoms with Crippen molar-refractivity contribution < 1.29 is 9.53 Å². The topological polar surface area (TPSA) is 38.3 Å². The largest absolute Gasteiger partial charge is 0.469 e. The number of nitrogens with one attached hydrogen (secondary N) is 1. The van der Waals surface area contributed by atoms with E-state index in [-0.39, 0.29) is 12.0 Å². The number of rotatable bonds is 2. The fourth-order valence-corrected chi connectivity index (χ4v) is 3.47. The summed E-state index contributed by atoms with van der Waals surface area (Å²) in [6, 6.07) is 8.70. The third kappa shape index (κ3) is 1.98. The summed E-state index contributed by atoms with van der Waals surface area (Å²) in [7, 11) is 1.45. The number of ether oxygens (including phenoxy) is 1. The Morgan fingerprint density at radius 3 is 3.00 bits per heavy atom. The van der Waals surface area contributed by atoms with Gasteiger partial charge in [0.05, 0.1) is 13.5 Å². The molecule has 1 aromatic rings. The van der Waals surface area contributed by atoms with Crippen molar-refractivity contribution in [1.82, 2.24) is 5.32 Å². The van der Waals surface area contributed by atoms with Crippen LogP contribution in [0.25, 0.3) is 5.57 Å². The average Bonchev–Trinajstić information content (AvgIpc) is 2.74. The van der Waals surface area contributed by atoms with E-state index in [0.29, 0.717) is 12.3 Å². The molecule has 0 saturated carbocycles. The lowest BCUT2D eigenvalue weighted by Gasteiger charge is -2.32. The van der Waals surface area contributed by atoms with E-state index in [9.17, 15) is 4.79 Å². The van der Waals surface area contributed by atoms with Gasteiger partial charge in [0.15, 0.2) is 0 Å². The zero-order valence-electron chi connectivity index (χ0n) is 11.4. The molecule has 1 fully saturated rings. The Bertz CT molecular complexity index is 547. The predicted molar refractivity (Wildman–Crippen MR) is 74.8 cm³/mol. The van der Waals surface area contributed by atoms with E-state index >= 15 is 0 Å². The quantitative estimate of drug-likeness (QED) is 0.827. The maximum atomic E-state index is 11.6. The third-order valence-corrected chi connectivity index (χ3v) is 4.37. The Kier molecular flexibility index (Phi) is 3.15. The van der Waals surface area contributed by atoms with Crippen LogP contribution in [0.3, 0.4) is 0 Å². The molecule has 3 heteroatoms. The molecule has 0 spiro atoms. The molecule has 2 unspecified atom stereocenters. The molecule has 1 heterocycles. The van der Waals surface area contributed by atoms with Crippen molar-refractivity contribution in [2.75, 3.05) is 13.7 Å². The number of carbonyl (C=O) groups is 1. The van der Waals surface area contributed by atoms with Crippen molar-refractivity contribution in [2.24, 2.45) is 0 Å². The lowest BCUT2D eigenvalue weighted by molar-refractivity contribution is -0.141. The Morgan fingerprint density at radius 1 is 1.42 bits per heavy atom. The summed E-state index contributed by atoms with van der Waals surface area (Å²) in [5.41, 5.74) is 5.60. The van der Waals surface area contributed by atoms with Crippen molar-refractivity contribution in [3.8, 4) is 0 Å². The minimum Gasteiger partial charge on any atom is -0.469 e. The molecule has 2 atom stereocenters. The number of carbonyl (C=O) groups excluding carboxylic acids is 1. The smallest absolute Gasteiger partial charge is 0.307 e. The highest BCUT2D eigenvalue weighted by Gasteiger charge is 2.37. The number of benzene rings is 1. The Morgan fingerprint density at radius 2 is 2.21 bits per heavy atom. The molecule has 1 aliphatic heterocycles. The van der Waals surface area contributed by atoms with Crippen molar-refractivity contribution in [3.63, 3.8) is 0 Å². The van der Waals surface area contributed by atoms with Crippen LogP contribution < -0.4 is 5.32 Å². The molecule has 1 aromatic carbocycles. The van der Waals surface area contributed by atoms with Crippen molar-refractivity contribution in [2.45, 2.75) is 31.7 Å². The fourth-order valence-electron chi connectivity index (χ4n) is 3.47. The standard InChI is InChI=1S/C16H19NO2/c1-10-11-5-3-4-6-13(11)16-12(10)7-8-17-14(16)9-15(18)19-2/h3-6,14,16-17H,7-9H2,1-2H3. The van der Waals surface area contributed by atoms with Gasteiger partial charge in [0, 0.05) is 12.0 Å². The van der Waals surface area contributed by atoms with Gasteiger partial charge in [-0.2, -0.15) is 0 Å². The minimum absolute atomic E-state index is 0.138. The number of allylic oxidation sites excluding steroid dienone is 1. The van der Waals surface area contributed by atoms with E-state index in [1.54, 1.807) is 0 Å². The molecule has 0 bridgehead atoms. The summed E-state index contributed by atoms with van der Waals surface area (Å²) in [5.74, 6) is 0.199. The third-order valence-electron chi connectivity index (χ3n) is 4.37. The van der Waals surface area contributed by atoms with Gasteiger partial charge >= 0.3 is 5.97 Å². The number of esters is 1. The second-order valence-electron chi connectivity index (χ2n) is 5.31. The molecule has 19 heavy (non-hydrogen) atoms. The number of hydrogen-bond donors (Lipinski definition) is 1. The summed E-state index contributed by atoms with van der Waals surface area (Å²) in [4.78, 5) is 11.6. The molecule has 0 radical (unpaired) electrons. The molecule has 1 N–H and O–H groups in total. The summed E-state index contributed by atoms with van der Waals surface area (Å²) in [5, 5.41) is 3.48. The summed E-state index contributed by atoms with van der Waals surface area (Å²) in [6.07, 6.45) is 1.51. The van der Waals surface area contributed by atoms with Gasteiger partial charge in [0.1, 0.15) is 0 Å². The Balaban J connectivity index is 1.98. The highest BCUT2D eigenvalue weighted by atomic mass is 16.5. The SMILES string of the molecule is COC(=O)CC1NCCC2=C(C)c3ccccc3C21. The predicted octanol–water partition coefficient (Wildman–Crippen LogP) is 2.48. The van der Waals surface area contributed by atoms with Crippen molar-refractivity contribution in [3.05, 3.63) is 41.0 Å². The molecule has 1 saturated heterocycles. The van der Waals surface area contributed by atoms with Gasteiger partial charge in [0.25, 0.3) is 0 Å². The van der Waals surface area contributed by atoms with E-state index in [2.05, 4.69) is 36.5 Å². The van der Waals surface area contributed by atoms with E-state index < -0.39 is 0 Å². The summed E-state index contributed by atoms with van der Waals surface area (Å²) < 4.78 is 4.82. The molecule has 2 aliphatic rings. The Hall–Kier alpha value is -1.61. The lowest BCUT2D eigenvalue weighted by atomic mass is 9.82. The van der Waals surface area contributed by atoms with Crippen LogP contribution in [-0.2, 0) is 9.53 Å². The molecular weight excluding hydrogens is 238 g/mol. The van der Waals surface area contributed by atoms with Gasteiger partial charge in [-0.1, -0.05) is 29.8 Å². The molecule has 3 rings (SSSR count). The average molecular weight is 257 g/mol. The van der Waals surface area contributed by atoms with E-state index in [1.807, 2.05) is 0 Å². The maximum Gasteiger partial charge on any atom is 0.307 e. The summed E-state index contributed by atoms with van der Waals surface area (Å²) >= 11 is 0. The fraction of sp³-hybridized carbons (Fsp3) is 0.438. The Labute approximate surface area is 113 Å². The molecule has 1 aliphatic carbocycles. The molecule has 0 aromatic heterocycles. The van der Waals surface area contributed by atoms with Crippen LogP contribution in [0.15, 0.2) is 29.8 Å². The van der Waals surface area contributed by atoms with Crippen LogP contribution in [-0.4, -0.2) is 25.7 Å². The molecule has 100 valence electrons. The number of methoxy groups -OCH3 is 1. The first kappa shape index (κ1) is 12.4. The van der Waals surface area contributed by atoms with Gasteiger partial charge in [0.2, 0.25) is 0 Å². The molecule has 0 amide bonds. The van der Waals surface area contributed by atoms with Gasteiger partial charge in [-0.15, -0.1) is 0 Å². The number of fused-ring (bicyclic) bond motifs is 3. The highest BCUT2D eigenvalue weighted by Crippen LogP contribution is 2.46. The van der Waals surface area contributed by atoms with Gasteiger partial charge in [-0.05, 0) is 36.6 Å². The van der Waals surface area contributed by atoms with Gasteiger partial charge in [-0.3, -0.25) is 4.79 Å². The zero-order valence-corrected chi connectivity index (χ0v) is 11.4. The number of piperidine rings is 1. The highest BCUT2D eigenvalue weighted by molar-refractivity contribution is 5.79. The number of hydrogen-bond acceptors (Lipinski definition) is 3. The van der Waals surface area contributed by atoms with Crippen molar-refractivity contribution >= 4 is 11.5 Å². The van der Waals surface area contributed by atoms with Gasteiger partial charge < -0.3 is 10.1 Å². The van der Waals surface area contributed by atoms with E-state index in [1.165, 1.54) is 29.4 Å². The van der Waals surface area contributed by atoms with Crippen LogP contribution in [0, 0.1) is 0 Å². The zero-order chi connectivity index (χ0) is 13.4.